The SMILES string of the molecule is COC(=O)[C@H](Cc1cn(-c2ccccc2)cn1)N1CC[C@H](NC(=O)OCc2ccccc2)C1. The molecule has 1 aliphatic rings. The van der Waals surface area contributed by atoms with Gasteiger partial charge in [-0.15, -0.1) is 0 Å². The van der Waals surface area contributed by atoms with Gasteiger partial charge in [0.2, 0.25) is 0 Å². The largest absolute Gasteiger partial charge is 0.468 e. The van der Waals surface area contributed by atoms with Crippen molar-refractivity contribution in [1.29, 1.82) is 0 Å². The lowest BCUT2D eigenvalue weighted by Crippen LogP contribution is -2.44. The first-order valence-corrected chi connectivity index (χ1v) is 11.0. The van der Waals surface area contributed by atoms with E-state index in [0.717, 1.165) is 23.4 Å². The van der Waals surface area contributed by atoms with Crippen molar-refractivity contribution in [2.45, 2.75) is 31.5 Å². The van der Waals surface area contributed by atoms with Crippen LogP contribution in [-0.2, 0) is 27.3 Å². The Balaban J connectivity index is 1.33. The molecule has 8 nitrogen and oxygen atoms in total. The van der Waals surface area contributed by atoms with Crippen molar-refractivity contribution in [1.82, 2.24) is 19.8 Å². The number of carbonyl (C=O) groups excluding carboxylic acids is 2. The lowest BCUT2D eigenvalue weighted by atomic mass is 10.1. The van der Waals surface area contributed by atoms with E-state index in [1.165, 1.54) is 7.11 Å². The van der Waals surface area contributed by atoms with E-state index in [1.54, 1.807) is 6.33 Å². The molecule has 4 rings (SSSR count). The zero-order chi connectivity index (χ0) is 23.0. The minimum absolute atomic E-state index is 0.0951. The summed E-state index contributed by atoms with van der Waals surface area (Å²) in [5.41, 5.74) is 2.74. The zero-order valence-electron chi connectivity index (χ0n) is 18.6. The number of benzene rings is 2. The third kappa shape index (κ3) is 5.98. The lowest BCUT2D eigenvalue weighted by Gasteiger charge is -2.25. The molecule has 1 N–H and O–H groups in total. The summed E-state index contributed by atoms with van der Waals surface area (Å²) in [4.78, 5) is 31.3. The van der Waals surface area contributed by atoms with Crippen molar-refractivity contribution >= 4 is 12.1 Å². The van der Waals surface area contributed by atoms with Gasteiger partial charge in [-0.2, -0.15) is 0 Å². The maximum atomic E-state index is 12.6. The summed E-state index contributed by atoms with van der Waals surface area (Å²) in [6, 6.07) is 18.9. The van der Waals surface area contributed by atoms with Crippen molar-refractivity contribution in [3.05, 3.63) is 84.4 Å². The van der Waals surface area contributed by atoms with Gasteiger partial charge in [0.25, 0.3) is 0 Å². The number of hydrogen-bond donors (Lipinski definition) is 1. The second-order valence-corrected chi connectivity index (χ2v) is 8.04. The van der Waals surface area contributed by atoms with Gasteiger partial charge >= 0.3 is 12.1 Å². The van der Waals surface area contributed by atoms with E-state index in [0.29, 0.717) is 19.5 Å². The summed E-state index contributed by atoms with van der Waals surface area (Å²) in [6.07, 6.45) is 4.37. The summed E-state index contributed by atoms with van der Waals surface area (Å²) in [5, 5.41) is 2.91. The first kappa shape index (κ1) is 22.5. The van der Waals surface area contributed by atoms with Crippen LogP contribution in [0, 0.1) is 0 Å². The van der Waals surface area contributed by atoms with Gasteiger partial charge in [0, 0.05) is 37.4 Å². The van der Waals surface area contributed by atoms with Crippen molar-refractivity contribution in [2.24, 2.45) is 0 Å². The Hall–Kier alpha value is -3.65. The molecule has 0 unspecified atom stereocenters. The molecule has 0 radical (unpaired) electrons. The average molecular weight is 449 g/mol. The van der Waals surface area contributed by atoms with Gasteiger partial charge in [-0.05, 0) is 24.1 Å². The first-order valence-electron chi connectivity index (χ1n) is 11.0. The van der Waals surface area contributed by atoms with E-state index in [4.69, 9.17) is 9.47 Å². The highest BCUT2D eigenvalue weighted by atomic mass is 16.5. The van der Waals surface area contributed by atoms with Crippen molar-refractivity contribution in [3.8, 4) is 5.69 Å². The van der Waals surface area contributed by atoms with E-state index < -0.39 is 12.1 Å². The molecule has 1 fully saturated rings. The predicted octanol–water partition coefficient (Wildman–Crippen LogP) is 2.96. The number of alkyl carbamates (subject to hydrolysis) is 1. The number of imidazole rings is 1. The number of nitrogens with one attached hydrogen (secondary N) is 1. The molecule has 3 aromatic rings. The molecule has 172 valence electrons. The average Bonchev–Trinajstić information content (AvgIpc) is 3.52. The summed E-state index contributed by atoms with van der Waals surface area (Å²) >= 11 is 0. The molecular weight excluding hydrogens is 420 g/mol. The monoisotopic (exact) mass is 448 g/mol. The fraction of sp³-hybridized carbons (Fsp3) is 0.320. The highest BCUT2D eigenvalue weighted by Gasteiger charge is 2.34. The Morgan fingerprint density at radius 1 is 1.12 bits per heavy atom. The van der Waals surface area contributed by atoms with Crippen LogP contribution >= 0.6 is 0 Å². The minimum Gasteiger partial charge on any atom is -0.468 e. The molecule has 1 amide bonds. The molecule has 1 saturated heterocycles. The molecule has 0 bridgehead atoms. The lowest BCUT2D eigenvalue weighted by molar-refractivity contribution is -0.146. The summed E-state index contributed by atoms with van der Waals surface area (Å²) < 4.78 is 12.3. The third-order valence-corrected chi connectivity index (χ3v) is 5.76. The van der Waals surface area contributed by atoms with Gasteiger partial charge in [-0.25, -0.2) is 9.78 Å². The molecule has 1 aromatic heterocycles. The fourth-order valence-electron chi connectivity index (χ4n) is 4.03. The molecule has 0 aliphatic carbocycles. The van der Waals surface area contributed by atoms with E-state index in [1.807, 2.05) is 76.3 Å². The highest BCUT2D eigenvalue weighted by molar-refractivity contribution is 5.76. The number of esters is 1. The summed E-state index contributed by atoms with van der Waals surface area (Å²) in [6.45, 7) is 1.43. The number of likely N-dealkylation sites (tertiary alicyclic amines) is 1. The van der Waals surface area contributed by atoms with Crippen LogP contribution in [0.2, 0.25) is 0 Å². The smallest absolute Gasteiger partial charge is 0.407 e. The van der Waals surface area contributed by atoms with Crippen LogP contribution in [0.3, 0.4) is 0 Å². The maximum absolute atomic E-state index is 12.6. The van der Waals surface area contributed by atoms with Gasteiger partial charge in [0.05, 0.1) is 19.1 Å². The van der Waals surface area contributed by atoms with Crippen LogP contribution in [-0.4, -0.2) is 58.8 Å². The zero-order valence-corrected chi connectivity index (χ0v) is 18.6. The molecule has 0 saturated carbocycles. The van der Waals surface area contributed by atoms with Crippen molar-refractivity contribution < 1.29 is 19.1 Å². The van der Waals surface area contributed by atoms with Gasteiger partial charge in [0.1, 0.15) is 12.6 Å². The molecule has 2 heterocycles. The number of carbonyl (C=O) groups is 2. The standard InChI is InChI=1S/C25H28N4O4/c1-32-24(30)23(14-21-16-29(18-26-21)22-10-6-3-7-11-22)28-13-12-20(15-28)27-25(31)33-17-19-8-4-2-5-9-19/h2-11,16,18,20,23H,12-15,17H2,1H3,(H,27,31)/t20-,23-/m0/s1. The Morgan fingerprint density at radius 2 is 1.85 bits per heavy atom. The van der Waals surface area contributed by atoms with Crippen LogP contribution in [0.25, 0.3) is 5.69 Å². The summed E-state index contributed by atoms with van der Waals surface area (Å²) in [5.74, 6) is -0.309. The van der Waals surface area contributed by atoms with E-state index in [-0.39, 0.29) is 18.6 Å². The highest BCUT2D eigenvalue weighted by Crippen LogP contribution is 2.18. The van der Waals surface area contributed by atoms with Crippen LogP contribution in [0.4, 0.5) is 4.79 Å². The van der Waals surface area contributed by atoms with Crippen molar-refractivity contribution in [2.75, 3.05) is 20.2 Å². The normalized spacial score (nSPS) is 16.8. The van der Waals surface area contributed by atoms with E-state index in [2.05, 4.69) is 10.3 Å². The Bertz CT molecular complexity index is 1050. The number of ether oxygens (including phenoxy) is 2. The maximum Gasteiger partial charge on any atom is 0.407 e. The number of methoxy groups -OCH3 is 1. The quantitative estimate of drug-likeness (QED) is 0.534. The number of nitrogens with zero attached hydrogens (tertiary/aromatic N) is 3. The molecule has 1 aliphatic heterocycles. The number of amides is 1. The third-order valence-electron chi connectivity index (χ3n) is 5.76. The van der Waals surface area contributed by atoms with Crippen molar-refractivity contribution in [3.63, 3.8) is 0 Å². The van der Waals surface area contributed by atoms with Gasteiger partial charge in [-0.1, -0.05) is 48.5 Å². The molecule has 0 spiro atoms. The Labute approximate surface area is 193 Å². The number of hydrogen-bond acceptors (Lipinski definition) is 6. The predicted molar refractivity (Wildman–Crippen MR) is 123 cm³/mol. The topological polar surface area (TPSA) is 85.7 Å². The molecule has 33 heavy (non-hydrogen) atoms. The van der Waals surface area contributed by atoms with Crippen LogP contribution in [0.15, 0.2) is 73.2 Å². The number of aromatic nitrogens is 2. The van der Waals surface area contributed by atoms with Crippen LogP contribution in [0.5, 0.6) is 0 Å². The molecule has 2 atom stereocenters. The van der Waals surface area contributed by atoms with E-state index in [9.17, 15) is 9.59 Å². The van der Waals surface area contributed by atoms with Crippen LogP contribution in [0.1, 0.15) is 17.7 Å². The molecular formula is C25H28N4O4. The summed E-state index contributed by atoms with van der Waals surface area (Å²) in [7, 11) is 1.39. The first-order chi connectivity index (χ1) is 16.1. The number of rotatable bonds is 8. The molecule has 8 heteroatoms. The minimum atomic E-state index is -0.471. The fourth-order valence-corrected chi connectivity index (χ4v) is 4.03. The Morgan fingerprint density at radius 3 is 2.58 bits per heavy atom. The van der Waals surface area contributed by atoms with Crippen LogP contribution < -0.4 is 5.32 Å². The second kappa shape index (κ2) is 10.8. The van der Waals surface area contributed by atoms with Gasteiger partial charge < -0.3 is 19.4 Å². The molecule has 2 aromatic carbocycles. The second-order valence-electron chi connectivity index (χ2n) is 8.04. The Kier molecular flexibility index (Phi) is 7.36. The number of para-hydroxylation sites is 1. The van der Waals surface area contributed by atoms with Gasteiger partial charge in [0.15, 0.2) is 0 Å². The van der Waals surface area contributed by atoms with Gasteiger partial charge in [-0.3, -0.25) is 9.69 Å². The van der Waals surface area contributed by atoms with E-state index >= 15 is 0 Å².